The van der Waals surface area contributed by atoms with E-state index in [-0.39, 0.29) is 11.8 Å². The monoisotopic (exact) mass is 245 g/mol. The summed E-state index contributed by atoms with van der Waals surface area (Å²) < 4.78 is 0. The Kier molecular flexibility index (Phi) is 2.73. The summed E-state index contributed by atoms with van der Waals surface area (Å²) in [5.41, 5.74) is 0.817. The van der Waals surface area contributed by atoms with Gasteiger partial charge in [-0.1, -0.05) is 6.42 Å². The summed E-state index contributed by atoms with van der Waals surface area (Å²) in [7, 11) is 3.87. The second-order valence-electron chi connectivity index (χ2n) is 5.54. The first-order valence-electron chi connectivity index (χ1n) is 6.61. The molecule has 1 N–H and O–H groups in total. The molecule has 2 saturated carbocycles. The number of hydrogen-bond donors (Lipinski definition) is 1. The minimum atomic E-state index is 0.181. The van der Waals surface area contributed by atoms with Crippen molar-refractivity contribution in [2.75, 3.05) is 24.3 Å². The number of hydrogen-bond acceptors (Lipinski definition) is 3. The molecule has 1 aromatic heterocycles. The van der Waals surface area contributed by atoms with Crippen LogP contribution in [0.25, 0.3) is 0 Å². The molecule has 2 aliphatic rings. The third kappa shape index (κ3) is 1.85. The van der Waals surface area contributed by atoms with Crippen LogP contribution in [-0.2, 0) is 4.79 Å². The summed E-state index contributed by atoms with van der Waals surface area (Å²) in [5.74, 6) is 2.57. The van der Waals surface area contributed by atoms with Crippen LogP contribution >= 0.6 is 0 Å². The Labute approximate surface area is 107 Å². The Hall–Kier alpha value is -1.58. The number of amides is 1. The van der Waals surface area contributed by atoms with Crippen LogP contribution in [0.3, 0.4) is 0 Å². The van der Waals surface area contributed by atoms with Crippen molar-refractivity contribution < 1.29 is 4.79 Å². The molecule has 2 unspecified atom stereocenters. The molecule has 0 saturated heterocycles. The topological polar surface area (TPSA) is 45.2 Å². The molecule has 96 valence electrons. The second-order valence-corrected chi connectivity index (χ2v) is 5.54. The van der Waals surface area contributed by atoms with Gasteiger partial charge < -0.3 is 10.2 Å². The van der Waals surface area contributed by atoms with Gasteiger partial charge in [0, 0.05) is 26.2 Å². The highest BCUT2D eigenvalue weighted by atomic mass is 16.2. The van der Waals surface area contributed by atoms with E-state index in [1.807, 2.05) is 31.1 Å². The third-order valence-electron chi connectivity index (χ3n) is 4.18. The number of fused-ring (bicyclic) bond motifs is 1. The van der Waals surface area contributed by atoms with Gasteiger partial charge in [0.1, 0.15) is 0 Å². The molecule has 2 aliphatic carbocycles. The van der Waals surface area contributed by atoms with Crippen LogP contribution in [0.15, 0.2) is 18.3 Å². The first-order valence-corrected chi connectivity index (χ1v) is 6.61. The summed E-state index contributed by atoms with van der Waals surface area (Å²) in [6.07, 6.45) is 5.51. The van der Waals surface area contributed by atoms with Gasteiger partial charge >= 0.3 is 0 Å². The highest BCUT2D eigenvalue weighted by Crippen LogP contribution is 2.57. The van der Waals surface area contributed by atoms with Crippen LogP contribution in [-0.4, -0.2) is 25.0 Å². The van der Waals surface area contributed by atoms with Gasteiger partial charge in [-0.05, 0) is 36.8 Å². The second kappa shape index (κ2) is 4.26. The van der Waals surface area contributed by atoms with Crippen LogP contribution in [0.2, 0.25) is 0 Å². The molecule has 0 radical (unpaired) electrons. The molecule has 1 amide bonds. The summed E-state index contributed by atoms with van der Waals surface area (Å²) in [6.45, 7) is 0. The Balaban J connectivity index is 1.71. The van der Waals surface area contributed by atoms with E-state index in [1.165, 1.54) is 19.3 Å². The SMILES string of the molecule is CN(C)c1ncccc1NC(=O)C1C2CCCC21. The van der Waals surface area contributed by atoms with Crippen molar-refractivity contribution in [3.05, 3.63) is 18.3 Å². The fraction of sp³-hybridized carbons (Fsp3) is 0.571. The maximum absolute atomic E-state index is 12.2. The predicted octanol–water partition coefficient (Wildman–Crippen LogP) is 2.13. The lowest BCUT2D eigenvalue weighted by atomic mass is 10.1. The lowest BCUT2D eigenvalue weighted by molar-refractivity contribution is -0.118. The van der Waals surface area contributed by atoms with Crippen molar-refractivity contribution in [2.24, 2.45) is 17.8 Å². The zero-order valence-electron chi connectivity index (χ0n) is 10.9. The van der Waals surface area contributed by atoms with Gasteiger partial charge in [0.2, 0.25) is 5.91 Å². The normalized spacial score (nSPS) is 28.7. The molecule has 3 rings (SSSR count). The molecule has 2 fully saturated rings. The molecule has 2 atom stereocenters. The van der Waals surface area contributed by atoms with Gasteiger partial charge in [0.15, 0.2) is 5.82 Å². The van der Waals surface area contributed by atoms with Crippen molar-refractivity contribution in [2.45, 2.75) is 19.3 Å². The molecule has 4 nitrogen and oxygen atoms in total. The molecule has 0 aliphatic heterocycles. The third-order valence-corrected chi connectivity index (χ3v) is 4.18. The number of rotatable bonds is 3. The molecule has 0 bridgehead atoms. The predicted molar refractivity (Wildman–Crippen MR) is 71.5 cm³/mol. The average molecular weight is 245 g/mol. The lowest BCUT2D eigenvalue weighted by Crippen LogP contribution is -2.20. The van der Waals surface area contributed by atoms with Crippen molar-refractivity contribution in [1.82, 2.24) is 4.98 Å². The highest BCUT2D eigenvalue weighted by molar-refractivity contribution is 5.97. The van der Waals surface area contributed by atoms with E-state index in [0.717, 1.165) is 11.5 Å². The number of pyridine rings is 1. The smallest absolute Gasteiger partial charge is 0.228 e. The number of carbonyl (C=O) groups excluding carboxylic acids is 1. The molecule has 0 aromatic carbocycles. The summed E-state index contributed by atoms with van der Waals surface area (Å²) in [6, 6.07) is 3.77. The van der Waals surface area contributed by atoms with E-state index in [4.69, 9.17) is 0 Å². The maximum Gasteiger partial charge on any atom is 0.228 e. The van der Waals surface area contributed by atoms with Crippen molar-refractivity contribution >= 4 is 17.4 Å². The van der Waals surface area contributed by atoms with Crippen LogP contribution in [0, 0.1) is 17.8 Å². The van der Waals surface area contributed by atoms with Crippen LogP contribution < -0.4 is 10.2 Å². The Morgan fingerprint density at radius 3 is 2.78 bits per heavy atom. The summed E-state index contributed by atoms with van der Waals surface area (Å²) >= 11 is 0. The van der Waals surface area contributed by atoms with E-state index < -0.39 is 0 Å². The number of aromatic nitrogens is 1. The minimum Gasteiger partial charge on any atom is -0.361 e. The van der Waals surface area contributed by atoms with E-state index in [2.05, 4.69) is 10.3 Å². The number of anilines is 2. The Morgan fingerprint density at radius 1 is 1.39 bits per heavy atom. The number of nitrogens with one attached hydrogen (secondary N) is 1. The van der Waals surface area contributed by atoms with Crippen molar-refractivity contribution in [3.8, 4) is 0 Å². The Bertz CT molecular complexity index is 462. The van der Waals surface area contributed by atoms with E-state index in [0.29, 0.717) is 11.8 Å². The van der Waals surface area contributed by atoms with Crippen molar-refractivity contribution in [3.63, 3.8) is 0 Å². The van der Waals surface area contributed by atoms with Gasteiger partial charge in [0.05, 0.1) is 5.69 Å². The average Bonchev–Trinajstić information content (AvgIpc) is 2.84. The fourth-order valence-corrected chi connectivity index (χ4v) is 3.28. The summed E-state index contributed by atoms with van der Waals surface area (Å²) in [5, 5.41) is 3.04. The van der Waals surface area contributed by atoms with E-state index in [9.17, 15) is 4.79 Å². The lowest BCUT2D eigenvalue weighted by Gasteiger charge is -2.16. The van der Waals surface area contributed by atoms with E-state index >= 15 is 0 Å². The molecule has 4 heteroatoms. The van der Waals surface area contributed by atoms with Crippen molar-refractivity contribution in [1.29, 1.82) is 0 Å². The minimum absolute atomic E-state index is 0.181. The van der Waals surface area contributed by atoms with Crippen LogP contribution in [0.1, 0.15) is 19.3 Å². The van der Waals surface area contributed by atoms with Gasteiger partial charge in [-0.3, -0.25) is 4.79 Å². The fourth-order valence-electron chi connectivity index (χ4n) is 3.28. The van der Waals surface area contributed by atoms with Gasteiger partial charge in [-0.2, -0.15) is 0 Å². The maximum atomic E-state index is 12.2. The van der Waals surface area contributed by atoms with Gasteiger partial charge in [-0.25, -0.2) is 4.98 Å². The molecule has 1 aromatic rings. The molecular weight excluding hydrogens is 226 g/mol. The van der Waals surface area contributed by atoms with Crippen LogP contribution in [0.4, 0.5) is 11.5 Å². The van der Waals surface area contributed by atoms with E-state index in [1.54, 1.807) is 6.20 Å². The molecule has 18 heavy (non-hydrogen) atoms. The van der Waals surface area contributed by atoms with Gasteiger partial charge in [-0.15, -0.1) is 0 Å². The number of carbonyl (C=O) groups is 1. The molecular formula is C14H19N3O. The largest absolute Gasteiger partial charge is 0.361 e. The molecule has 0 spiro atoms. The van der Waals surface area contributed by atoms with Gasteiger partial charge in [0.25, 0.3) is 0 Å². The highest BCUT2D eigenvalue weighted by Gasteiger charge is 2.56. The standard InChI is InChI=1S/C14H19N3O/c1-17(2)13-11(7-4-8-15-13)16-14(18)12-9-5-3-6-10(9)12/h4,7-10,12H,3,5-6H2,1-2H3,(H,16,18). The number of nitrogens with zero attached hydrogens (tertiary/aromatic N) is 2. The zero-order valence-corrected chi connectivity index (χ0v) is 10.9. The Morgan fingerprint density at radius 2 is 2.11 bits per heavy atom. The van der Waals surface area contributed by atoms with Crippen LogP contribution in [0.5, 0.6) is 0 Å². The first kappa shape index (κ1) is 11.5. The summed E-state index contributed by atoms with van der Waals surface area (Å²) in [4.78, 5) is 18.4. The first-order chi connectivity index (χ1) is 8.68. The zero-order chi connectivity index (χ0) is 12.7. The quantitative estimate of drug-likeness (QED) is 0.887. The molecule has 1 heterocycles.